The maximum atomic E-state index is 12.9. The molecule has 5 aromatic rings. The molecule has 0 radical (unpaired) electrons. The largest absolute Gasteiger partial charge is 0.497 e. The zero-order chi connectivity index (χ0) is 25.1. The second-order valence-corrected chi connectivity index (χ2v) is 10.5. The quantitative estimate of drug-likeness (QED) is 0.276. The number of ether oxygens (including phenoxy) is 1. The number of thiazole rings is 1. The molecule has 5 rings (SSSR count). The summed E-state index contributed by atoms with van der Waals surface area (Å²) in [5.41, 5.74) is 2.30. The van der Waals surface area contributed by atoms with E-state index in [1.807, 2.05) is 35.7 Å². The first-order chi connectivity index (χ1) is 17.4. The number of sulfonamides is 1. The van der Waals surface area contributed by atoms with Crippen LogP contribution in [-0.4, -0.2) is 26.4 Å². The lowest BCUT2D eigenvalue weighted by Crippen LogP contribution is -2.15. The highest BCUT2D eigenvalue weighted by atomic mass is 32.2. The zero-order valence-electron chi connectivity index (χ0n) is 19.1. The predicted molar refractivity (Wildman–Crippen MR) is 143 cm³/mol. The van der Waals surface area contributed by atoms with Crippen LogP contribution < -0.4 is 14.8 Å². The molecule has 0 fully saturated rings. The van der Waals surface area contributed by atoms with E-state index in [0.29, 0.717) is 16.4 Å². The number of nitrogens with one attached hydrogen (secondary N) is 2. The fraction of sp³-hybridized carbons (Fsp3) is 0.0370. The highest BCUT2D eigenvalue weighted by Gasteiger charge is 2.16. The van der Waals surface area contributed by atoms with Crippen molar-refractivity contribution >= 4 is 48.9 Å². The molecular weight excluding hydrogens is 494 g/mol. The molecule has 0 aliphatic heterocycles. The van der Waals surface area contributed by atoms with E-state index in [4.69, 9.17) is 4.74 Å². The number of fused-ring (bicyclic) bond motifs is 1. The molecule has 9 heteroatoms. The fourth-order valence-corrected chi connectivity index (χ4v) is 5.44. The number of hydrogen-bond acceptors (Lipinski definition) is 6. The molecule has 0 spiro atoms. The van der Waals surface area contributed by atoms with E-state index >= 15 is 0 Å². The molecule has 0 aliphatic rings. The van der Waals surface area contributed by atoms with E-state index in [1.54, 1.807) is 30.3 Å². The van der Waals surface area contributed by atoms with Crippen molar-refractivity contribution in [3.63, 3.8) is 0 Å². The van der Waals surface area contributed by atoms with E-state index in [0.717, 1.165) is 22.0 Å². The smallest absolute Gasteiger partial charge is 0.261 e. The number of carbonyl (C=O) groups excluding carboxylic acids is 1. The third kappa shape index (κ3) is 5.07. The van der Waals surface area contributed by atoms with Crippen molar-refractivity contribution in [1.29, 1.82) is 0 Å². The van der Waals surface area contributed by atoms with Gasteiger partial charge in [-0.2, -0.15) is 0 Å². The maximum Gasteiger partial charge on any atom is 0.261 e. The van der Waals surface area contributed by atoms with Gasteiger partial charge in [-0.3, -0.25) is 14.8 Å². The van der Waals surface area contributed by atoms with Crippen molar-refractivity contribution in [1.82, 2.24) is 4.98 Å². The van der Waals surface area contributed by atoms with Crippen LogP contribution in [0.25, 0.3) is 22.0 Å². The monoisotopic (exact) mass is 515 g/mol. The van der Waals surface area contributed by atoms with Crippen LogP contribution in [0.5, 0.6) is 5.75 Å². The lowest BCUT2D eigenvalue weighted by molar-refractivity contribution is 0.102. The molecule has 0 saturated carbocycles. The molecule has 1 amide bonds. The van der Waals surface area contributed by atoms with Gasteiger partial charge in [-0.1, -0.05) is 42.5 Å². The molecule has 0 aliphatic carbocycles. The molecule has 7 nitrogen and oxygen atoms in total. The van der Waals surface area contributed by atoms with Gasteiger partial charge >= 0.3 is 0 Å². The summed E-state index contributed by atoms with van der Waals surface area (Å²) in [5.74, 6) is 0.165. The number of carbonyl (C=O) groups is 1. The average Bonchev–Trinajstić information content (AvgIpc) is 3.37. The van der Waals surface area contributed by atoms with Crippen LogP contribution in [0, 0.1) is 0 Å². The number of anilines is 2. The van der Waals surface area contributed by atoms with E-state index in [-0.39, 0.29) is 16.5 Å². The van der Waals surface area contributed by atoms with Crippen molar-refractivity contribution in [2.24, 2.45) is 0 Å². The fourth-order valence-electron chi connectivity index (χ4n) is 3.67. The lowest BCUT2D eigenvalue weighted by Gasteiger charge is -2.10. The van der Waals surface area contributed by atoms with E-state index in [2.05, 4.69) is 27.2 Å². The molecule has 1 heterocycles. The number of aromatic nitrogens is 1. The first-order valence-corrected chi connectivity index (χ1v) is 13.3. The van der Waals surface area contributed by atoms with Crippen molar-refractivity contribution in [2.75, 3.05) is 17.1 Å². The Hall–Kier alpha value is -4.21. The van der Waals surface area contributed by atoms with Crippen molar-refractivity contribution < 1.29 is 17.9 Å². The molecule has 0 unspecified atom stereocenters. The minimum atomic E-state index is -3.83. The summed E-state index contributed by atoms with van der Waals surface area (Å²) in [7, 11) is -2.32. The first kappa shape index (κ1) is 23.5. The molecule has 1 aromatic heterocycles. The molecule has 4 aromatic carbocycles. The van der Waals surface area contributed by atoms with Gasteiger partial charge in [0.1, 0.15) is 5.75 Å². The Labute approximate surface area is 212 Å². The summed E-state index contributed by atoms with van der Waals surface area (Å²) >= 11 is 1.32. The number of methoxy groups -OCH3 is 1. The zero-order valence-corrected chi connectivity index (χ0v) is 20.8. The second-order valence-electron chi connectivity index (χ2n) is 7.92. The highest BCUT2D eigenvalue weighted by molar-refractivity contribution is 7.92. The summed E-state index contributed by atoms with van der Waals surface area (Å²) in [6.45, 7) is 0. The molecule has 36 heavy (non-hydrogen) atoms. The minimum absolute atomic E-state index is 0.0853. The second kappa shape index (κ2) is 9.80. The Kier molecular flexibility index (Phi) is 6.41. The molecular formula is C27H21N3O4S2. The Morgan fingerprint density at radius 1 is 0.889 bits per heavy atom. The molecule has 180 valence electrons. The van der Waals surface area contributed by atoms with Crippen LogP contribution >= 0.6 is 11.3 Å². The van der Waals surface area contributed by atoms with Gasteiger partial charge in [-0.25, -0.2) is 13.4 Å². The highest BCUT2D eigenvalue weighted by Crippen LogP contribution is 2.28. The molecule has 0 atom stereocenters. The summed E-state index contributed by atoms with van der Waals surface area (Å²) in [4.78, 5) is 17.5. The van der Waals surface area contributed by atoms with Gasteiger partial charge in [0.2, 0.25) is 0 Å². The summed E-state index contributed by atoms with van der Waals surface area (Å²) in [6, 6.07) is 26.5. The Balaban J connectivity index is 1.30. The molecule has 0 bridgehead atoms. The normalized spacial score (nSPS) is 11.2. The van der Waals surface area contributed by atoms with Gasteiger partial charge in [-0.05, 0) is 59.3 Å². The standard InChI is InChI=1S/C27H21N3O4S2/c1-34-23-11-13-24(14-12-23)36(32,33)30-22-8-4-7-21(16-22)26(31)29-27-28-25(17-35-27)20-10-9-18-5-2-3-6-19(18)15-20/h2-17,30H,1H3,(H,28,29,31). The average molecular weight is 516 g/mol. The van der Waals surface area contributed by atoms with Gasteiger partial charge in [0, 0.05) is 22.2 Å². The number of rotatable bonds is 7. The first-order valence-electron chi connectivity index (χ1n) is 10.9. The van der Waals surface area contributed by atoms with Gasteiger partial charge in [0.15, 0.2) is 5.13 Å². The van der Waals surface area contributed by atoms with Gasteiger partial charge in [-0.15, -0.1) is 11.3 Å². The van der Waals surface area contributed by atoms with E-state index in [9.17, 15) is 13.2 Å². The van der Waals surface area contributed by atoms with Crippen molar-refractivity contribution in [2.45, 2.75) is 4.90 Å². The summed E-state index contributed by atoms with van der Waals surface area (Å²) in [6.07, 6.45) is 0. The van der Waals surface area contributed by atoms with Crippen molar-refractivity contribution in [3.8, 4) is 17.0 Å². The molecule has 0 saturated heterocycles. The van der Waals surface area contributed by atoms with Gasteiger partial charge in [0.05, 0.1) is 17.7 Å². The minimum Gasteiger partial charge on any atom is -0.497 e. The number of benzene rings is 4. The molecule has 2 N–H and O–H groups in total. The lowest BCUT2D eigenvalue weighted by atomic mass is 10.1. The third-order valence-electron chi connectivity index (χ3n) is 5.52. The van der Waals surface area contributed by atoms with Gasteiger partial charge in [0.25, 0.3) is 15.9 Å². The summed E-state index contributed by atoms with van der Waals surface area (Å²) < 4.78 is 33.0. The summed E-state index contributed by atoms with van der Waals surface area (Å²) in [5, 5.41) is 7.40. The van der Waals surface area contributed by atoms with Crippen LogP contribution in [0.4, 0.5) is 10.8 Å². The van der Waals surface area contributed by atoms with Crippen molar-refractivity contribution in [3.05, 3.63) is 102 Å². The van der Waals surface area contributed by atoms with Gasteiger partial charge < -0.3 is 4.74 Å². The van der Waals surface area contributed by atoms with E-state index in [1.165, 1.54) is 36.6 Å². The van der Waals surface area contributed by atoms with Crippen LogP contribution in [0.15, 0.2) is 101 Å². The number of amides is 1. The predicted octanol–water partition coefficient (Wildman–Crippen LogP) is 6.03. The maximum absolute atomic E-state index is 12.9. The number of nitrogens with zero attached hydrogens (tertiary/aromatic N) is 1. The Morgan fingerprint density at radius 3 is 2.44 bits per heavy atom. The van der Waals surface area contributed by atoms with E-state index < -0.39 is 10.0 Å². The third-order valence-corrected chi connectivity index (χ3v) is 7.67. The Morgan fingerprint density at radius 2 is 1.67 bits per heavy atom. The topological polar surface area (TPSA) is 97.4 Å². The van der Waals surface area contributed by atoms with Crippen LogP contribution in [0.1, 0.15) is 10.4 Å². The van der Waals surface area contributed by atoms with Crippen LogP contribution in [-0.2, 0) is 10.0 Å². The van der Waals surface area contributed by atoms with Crippen LogP contribution in [0.2, 0.25) is 0 Å². The Bertz CT molecular complexity index is 1660. The number of hydrogen-bond donors (Lipinski definition) is 2. The van der Waals surface area contributed by atoms with Crippen LogP contribution in [0.3, 0.4) is 0 Å². The SMILES string of the molecule is COc1ccc(S(=O)(=O)Nc2cccc(C(=O)Nc3nc(-c4ccc5ccccc5c4)cs3)c2)cc1.